The number of pyridine rings is 1. The predicted octanol–water partition coefficient (Wildman–Crippen LogP) is 4.46. The topological polar surface area (TPSA) is 101 Å². The number of nitrogens with one attached hydrogen (secondary N) is 1. The van der Waals surface area contributed by atoms with E-state index in [1.165, 1.54) is 35.4 Å². The zero-order chi connectivity index (χ0) is 25.6. The smallest absolute Gasteiger partial charge is 0.387 e. The summed E-state index contributed by atoms with van der Waals surface area (Å²) < 4.78 is 59.4. The van der Waals surface area contributed by atoms with Crippen LogP contribution in [0.1, 0.15) is 5.56 Å². The number of ether oxygens (including phenoxy) is 1. The first-order valence-corrected chi connectivity index (χ1v) is 11.9. The van der Waals surface area contributed by atoms with Crippen LogP contribution in [-0.2, 0) is 21.2 Å². The molecule has 1 heterocycles. The Balaban J connectivity index is 2.00. The van der Waals surface area contributed by atoms with Crippen molar-refractivity contribution in [2.24, 2.45) is 4.40 Å². The van der Waals surface area contributed by atoms with E-state index in [4.69, 9.17) is 11.6 Å². The summed E-state index contributed by atoms with van der Waals surface area (Å²) in [5.41, 5.74) is 1.14. The lowest BCUT2D eigenvalue weighted by molar-refractivity contribution is -0.115. The van der Waals surface area contributed by atoms with Crippen LogP contribution in [0.25, 0.3) is 11.1 Å². The van der Waals surface area contributed by atoms with Crippen LogP contribution in [0.5, 0.6) is 5.75 Å². The van der Waals surface area contributed by atoms with Crippen LogP contribution in [0.3, 0.4) is 0 Å². The van der Waals surface area contributed by atoms with Gasteiger partial charge < -0.3 is 15.0 Å². The molecule has 0 aliphatic heterocycles. The van der Waals surface area contributed by atoms with Crippen LogP contribution in [0.2, 0.25) is 5.02 Å². The minimum Gasteiger partial charge on any atom is -0.433 e. The Morgan fingerprint density at radius 1 is 1.20 bits per heavy atom. The van der Waals surface area contributed by atoms with Crippen molar-refractivity contribution >= 4 is 39.6 Å². The van der Waals surface area contributed by atoms with E-state index in [-0.39, 0.29) is 33.9 Å². The van der Waals surface area contributed by atoms with Crippen LogP contribution in [-0.4, -0.2) is 51.3 Å². The number of rotatable bonds is 9. The average molecular weight is 523 g/mol. The number of nitrogens with zero attached hydrogens (tertiary/aromatic N) is 3. The molecule has 3 rings (SSSR count). The third kappa shape index (κ3) is 7.20. The van der Waals surface area contributed by atoms with Gasteiger partial charge in [-0.15, -0.1) is 4.40 Å². The molecule has 0 unspecified atom stereocenters. The van der Waals surface area contributed by atoms with Crippen molar-refractivity contribution in [3.8, 4) is 16.9 Å². The molecule has 35 heavy (non-hydrogen) atoms. The summed E-state index contributed by atoms with van der Waals surface area (Å²) in [5, 5.41) is 3.08. The van der Waals surface area contributed by atoms with Gasteiger partial charge in [-0.2, -0.15) is 17.2 Å². The van der Waals surface area contributed by atoms with Gasteiger partial charge in [-0.3, -0.25) is 9.78 Å². The van der Waals surface area contributed by atoms with E-state index in [1.54, 1.807) is 38.4 Å². The van der Waals surface area contributed by atoms with Gasteiger partial charge in [-0.1, -0.05) is 35.9 Å². The summed E-state index contributed by atoms with van der Waals surface area (Å²) in [4.78, 5) is 17.6. The highest BCUT2D eigenvalue weighted by Crippen LogP contribution is 2.33. The lowest BCUT2D eigenvalue weighted by Gasteiger charge is -2.13. The highest BCUT2D eigenvalue weighted by Gasteiger charge is 2.21. The molecule has 0 radical (unpaired) electrons. The number of alkyl halides is 2. The van der Waals surface area contributed by atoms with Crippen LogP contribution in [0.4, 0.5) is 14.5 Å². The summed E-state index contributed by atoms with van der Waals surface area (Å²) in [6, 6.07) is 12.2. The van der Waals surface area contributed by atoms with Gasteiger partial charge in [0.2, 0.25) is 5.91 Å². The number of sulfonamides is 1. The average Bonchev–Trinajstić information content (AvgIpc) is 2.79. The molecule has 8 nitrogen and oxygen atoms in total. The number of benzene rings is 2. The first kappa shape index (κ1) is 26.0. The molecule has 0 aliphatic carbocycles. The highest BCUT2D eigenvalue weighted by atomic mass is 35.5. The Labute approximate surface area is 206 Å². The summed E-state index contributed by atoms with van der Waals surface area (Å²) >= 11 is 6.11. The van der Waals surface area contributed by atoms with Crippen LogP contribution >= 0.6 is 11.6 Å². The molecule has 184 valence electrons. The van der Waals surface area contributed by atoms with Gasteiger partial charge in [0.1, 0.15) is 12.1 Å². The molecule has 2 aromatic carbocycles. The Kier molecular flexibility index (Phi) is 8.36. The van der Waals surface area contributed by atoms with Crippen molar-refractivity contribution in [2.75, 3.05) is 19.4 Å². The first-order valence-electron chi connectivity index (χ1n) is 10.1. The number of amides is 1. The number of halogens is 3. The van der Waals surface area contributed by atoms with Crippen molar-refractivity contribution in [3.05, 3.63) is 71.5 Å². The Hall–Kier alpha value is -3.57. The normalized spacial score (nSPS) is 11.6. The lowest BCUT2D eigenvalue weighted by atomic mass is 10.1. The molecule has 3 aromatic rings. The summed E-state index contributed by atoms with van der Waals surface area (Å²) in [5.74, 6) is -0.658. The van der Waals surface area contributed by atoms with Gasteiger partial charge in [0.05, 0.1) is 17.5 Å². The molecule has 0 spiro atoms. The molecular weight excluding hydrogens is 502 g/mol. The number of carbonyl (C=O) groups excluding carboxylic acids is 1. The second-order valence-corrected chi connectivity index (χ2v) is 9.48. The molecular formula is C23H21ClF2N4O4S. The van der Waals surface area contributed by atoms with Gasteiger partial charge in [0.15, 0.2) is 0 Å². The van der Waals surface area contributed by atoms with E-state index < -0.39 is 22.5 Å². The van der Waals surface area contributed by atoms with Gasteiger partial charge in [0, 0.05) is 42.1 Å². The van der Waals surface area contributed by atoms with Crippen LogP contribution in [0, 0.1) is 0 Å². The van der Waals surface area contributed by atoms with Crippen molar-refractivity contribution in [1.82, 2.24) is 9.88 Å². The van der Waals surface area contributed by atoms with Crippen molar-refractivity contribution in [1.29, 1.82) is 0 Å². The minimum absolute atomic E-state index is 0.0285. The molecule has 0 bridgehead atoms. The number of aromatic nitrogens is 1. The van der Waals surface area contributed by atoms with Crippen LogP contribution in [0.15, 0.2) is 70.2 Å². The van der Waals surface area contributed by atoms with Gasteiger partial charge in [-0.25, -0.2) is 0 Å². The minimum atomic E-state index is -4.26. The number of hydrogen-bond donors (Lipinski definition) is 1. The molecule has 1 N–H and O–H groups in total. The van der Waals surface area contributed by atoms with Crippen molar-refractivity contribution in [3.63, 3.8) is 0 Å². The van der Waals surface area contributed by atoms with E-state index in [0.717, 1.165) is 12.5 Å². The molecule has 0 aliphatic rings. The van der Waals surface area contributed by atoms with E-state index >= 15 is 0 Å². The maximum absolute atomic E-state index is 13.0. The maximum atomic E-state index is 13.0. The molecule has 0 fully saturated rings. The molecule has 0 saturated heterocycles. The van der Waals surface area contributed by atoms with E-state index in [1.807, 2.05) is 0 Å². The third-order valence-corrected chi connectivity index (χ3v) is 6.15. The van der Waals surface area contributed by atoms with Crippen molar-refractivity contribution < 1.29 is 26.7 Å². The fourth-order valence-corrected chi connectivity index (χ4v) is 4.39. The molecule has 0 saturated carbocycles. The van der Waals surface area contributed by atoms with Gasteiger partial charge in [0.25, 0.3) is 10.0 Å². The molecule has 12 heteroatoms. The quantitative estimate of drug-likeness (QED) is 0.329. The van der Waals surface area contributed by atoms with Crippen molar-refractivity contribution in [2.45, 2.75) is 17.9 Å². The maximum Gasteiger partial charge on any atom is 0.387 e. The summed E-state index contributed by atoms with van der Waals surface area (Å²) in [7, 11) is -1.06. The number of carbonyl (C=O) groups is 1. The summed E-state index contributed by atoms with van der Waals surface area (Å²) in [6.07, 6.45) is 3.46. The fourth-order valence-electron chi connectivity index (χ4n) is 3.02. The largest absolute Gasteiger partial charge is 0.433 e. The second-order valence-electron chi connectivity index (χ2n) is 7.47. The fraction of sp³-hybridized carbons (Fsp3) is 0.174. The standard InChI is InChI=1S/C23H21ClF2N4O4S/c1-30(2)14-28-35(32,33)21-11-17(29-22(31)10-15-5-3-4-6-20(15)24)7-8-19(21)16-9-18(13-27-12-16)34-23(25)26/h3-9,11-14,23H,10H2,1-2H3,(H,29,31). The zero-order valence-electron chi connectivity index (χ0n) is 18.7. The van der Waals surface area contributed by atoms with Crippen LogP contribution < -0.4 is 10.1 Å². The summed E-state index contributed by atoms with van der Waals surface area (Å²) in [6.45, 7) is -3.07. The van der Waals surface area contributed by atoms with Gasteiger partial charge in [-0.05, 0) is 29.8 Å². The Morgan fingerprint density at radius 2 is 1.94 bits per heavy atom. The second kappa shape index (κ2) is 11.2. The van der Waals surface area contributed by atoms with Gasteiger partial charge >= 0.3 is 6.61 Å². The SMILES string of the molecule is CN(C)C=NS(=O)(=O)c1cc(NC(=O)Cc2ccccc2Cl)ccc1-c1cncc(OC(F)F)c1. The van der Waals surface area contributed by atoms with E-state index in [0.29, 0.717) is 10.6 Å². The Morgan fingerprint density at radius 3 is 2.63 bits per heavy atom. The highest BCUT2D eigenvalue weighted by molar-refractivity contribution is 7.90. The first-order chi connectivity index (χ1) is 16.5. The number of hydrogen-bond acceptors (Lipinski definition) is 5. The zero-order valence-corrected chi connectivity index (χ0v) is 20.2. The molecule has 0 atom stereocenters. The molecule has 1 amide bonds. The van der Waals surface area contributed by atoms with E-state index in [2.05, 4.69) is 19.4 Å². The Bertz CT molecular complexity index is 1350. The lowest BCUT2D eigenvalue weighted by Crippen LogP contribution is -2.15. The predicted molar refractivity (Wildman–Crippen MR) is 129 cm³/mol. The monoisotopic (exact) mass is 522 g/mol. The molecule has 1 aromatic heterocycles. The van der Waals surface area contributed by atoms with E-state index in [9.17, 15) is 22.0 Å². The third-order valence-electron chi connectivity index (χ3n) is 4.52. The number of anilines is 1.